The molecule has 6 heteroatoms. The first-order valence-electron chi connectivity index (χ1n) is 6.44. The molecule has 0 atom stereocenters. The predicted octanol–water partition coefficient (Wildman–Crippen LogP) is 2.17. The first kappa shape index (κ1) is 17.4. The predicted molar refractivity (Wildman–Crippen MR) is 79.0 cm³/mol. The van der Waals surface area contributed by atoms with Crippen molar-refractivity contribution in [2.75, 3.05) is 12.9 Å². The first-order chi connectivity index (χ1) is 9.43. The normalized spacial score (nSPS) is 12.0. The summed E-state index contributed by atoms with van der Waals surface area (Å²) in [6.45, 7) is 6.55. The van der Waals surface area contributed by atoms with Crippen LogP contribution >= 0.6 is 0 Å². The fraction of sp³-hybridized carbons (Fsp3) is 0.467. The Morgan fingerprint density at radius 1 is 1.19 bits per heavy atom. The van der Waals surface area contributed by atoms with Crippen molar-refractivity contribution in [2.45, 2.75) is 32.6 Å². The molecule has 21 heavy (non-hydrogen) atoms. The Labute approximate surface area is 125 Å². The van der Waals surface area contributed by atoms with E-state index in [2.05, 4.69) is 0 Å². The summed E-state index contributed by atoms with van der Waals surface area (Å²) in [6, 6.07) is 4.24. The highest BCUT2D eigenvalue weighted by Crippen LogP contribution is 2.18. The summed E-state index contributed by atoms with van der Waals surface area (Å²) in [5.74, 6) is -0.900. The van der Waals surface area contributed by atoms with Crippen LogP contribution in [0.15, 0.2) is 23.1 Å². The van der Waals surface area contributed by atoms with Gasteiger partial charge in [0.1, 0.15) is 0 Å². The molecule has 0 amide bonds. The molecule has 0 aromatic heterocycles. The average Bonchev–Trinajstić information content (AvgIpc) is 2.33. The molecule has 0 spiro atoms. The van der Waals surface area contributed by atoms with Crippen LogP contribution in [0.5, 0.6) is 0 Å². The van der Waals surface area contributed by atoms with E-state index in [1.54, 1.807) is 33.8 Å². The molecule has 116 valence electrons. The number of ether oxygens (including phenoxy) is 1. The SMILES string of the molecule is Cc1ccc(S(C)(=O)=O)cc1C(=O)OCC(=O)C(C)(C)C. The highest BCUT2D eigenvalue weighted by molar-refractivity contribution is 7.90. The Morgan fingerprint density at radius 2 is 1.76 bits per heavy atom. The maximum absolute atomic E-state index is 12.0. The molecule has 1 aromatic carbocycles. The van der Waals surface area contributed by atoms with Gasteiger partial charge in [0.25, 0.3) is 0 Å². The Morgan fingerprint density at radius 3 is 2.24 bits per heavy atom. The lowest BCUT2D eigenvalue weighted by atomic mass is 9.91. The highest BCUT2D eigenvalue weighted by atomic mass is 32.2. The van der Waals surface area contributed by atoms with E-state index in [9.17, 15) is 18.0 Å². The molecule has 0 saturated heterocycles. The second-order valence-corrected chi connectivity index (χ2v) is 8.01. The van der Waals surface area contributed by atoms with Gasteiger partial charge >= 0.3 is 5.97 Å². The molecule has 0 fully saturated rings. The third kappa shape index (κ3) is 4.67. The van der Waals surface area contributed by atoms with Crippen molar-refractivity contribution >= 4 is 21.6 Å². The zero-order chi connectivity index (χ0) is 16.4. The fourth-order valence-electron chi connectivity index (χ4n) is 1.48. The lowest BCUT2D eigenvalue weighted by molar-refractivity contribution is -0.129. The molecular weight excluding hydrogens is 292 g/mol. The number of hydrogen-bond acceptors (Lipinski definition) is 5. The van der Waals surface area contributed by atoms with Gasteiger partial charge in [-0.3, -0.25) is 4.79 Å². The van der Waals surface area contributed by atoms with E-state index in [0.717, 1.165) is 6.26 Å². The van der Waals surface area contributed by atoms with Gasteiger partial charge in [0.15, 0.2) is 22.2 Å². The maximum Gasteiger partial charge on any atom is 0.338 e. The van der Waals surface area contributed by atoms with Crippen molar-refractivity contribution in [2.24, 2.45) is 5.41 Å². The number of hydrogen-bond donors (Lipinski definition) is 0. The summed E-state index contributed by atoms with van der Waals surface area (Å²) in [6.07, 6.45) is 1.07. The third-order valence-corrected chi connectivity index (χ3v) is 4.14. The van der Waals surface area contributed by atoms with Gasteiger partial charge in [0.05, 0.1) is 10.5 Å². The zero-order valence-corrected chi connectivity index (χ0v) is 13.7. The minimum Gasteiger partial charge on any atom is -0.454 e. The molecule has 0 aliphatic heterocycles. The van der Waals surface area contributed by atoms with Crippen LogP contribution < -0.4 is 0 Å². The second-order valence-electron chi connectivity index (χ2n) is 6.00. The number of ketones is 1. The van der Waals surface area contributed by atoms with Gasteiger partial charge < -0.3 is 4.74 Å². The van der Waals surface area contributed by atoms with Crippen LogP contribution in [0.25, 0.3) is 0 Å². The average molecular weight is 312 g/mol. The molecule has 1 aromatic rings. The van der Waals surface area contributed by atoms with E-state index in [-0.39, 0.29) is 22.8 Å². The second kappa shape index (κ2) is 5.97. The molecule has 0 heterocycles. The summed E-state index contributed by atoms with van der Waals surface area (Å²) in [5, 5.41) is 0. The standard InChI is InChI=1S/C15H20O5S/c1-10-6-7-11(21(5,18)19)8-12(10)14(17)20-9-13(16)15(2,3)4/h6-8H,9H2,1-5H3. The van der Waals surface area contributed by atoms with Crippen LogP contribution in [0.2, 0.25) is 0 Å². The van der Waals surface area contributed by atoms with E-state index < -0.39 is 21.2 Å². The molecule has 0 bridgehead atoms. The maximum atomic E-state index is 12.0. The summed E-state index contributed by atoms with van der Waals surface area (Å²) in [5.41, 5.74) is 0.152. The number of esters is 1. The van der Waals surface area contributed by atoms with Gasteiger partial charge in [-0.05, 0) is 24.6 Å². The minimum absolute atomic E-state index is 0.0437. The number of carbonyl (C=O) groups is 2. The smallest absolute Gasteiger partial charge is 0.338 e. The number of carbonyl (C=O) groups excluding carboxylic acids is 2. The molecule has 5 nitrogen and oxygen atoms in total. The van der Waals surface area contributed by atoms with Gasteiger partial charge in [-0.25, -0.2) is 13.2 Å². The molecule has 0 N–H and O–H groups in total. The summed E-state index contributed by atoms with van der Waals surface area (Å²) < 4.78 is 28.0. The molecule has 0 aliphatic carbocycles. The summed E-state index contributed by atoms with van der Waals surface area (Å²) >= 11 is 0. The number of sulfone groups is 1. The van der Waals surface area contributed by atoms with Crippen LogP contribution in [-0.4, -0.2) is 33.0 Å². The number of aryl methyl sites for hydroxylation is 1. The van der Waals surface area contributed by atoms with Crippen molar-refractivity contribution < 1.29 is 22.7 Å². The molecule has 0 saturated carbocycles. The molecule has 0 aliphatic rings. The highest BCUT2D eigenvalue weighted by Gasteiger charge is 2.23. The van der Waals surface area contributed by atoms with Crippen LogP contribution in [0, 0.1) is 12.3 Å². The monoisotopic (exact) mass is 312 g/mol. The van der Waals surface area contributed by atoms with Gasteiger partial charge in [0, 0.05) is 11.7 Å². The van der Waals surface area contributed by atoms with Crippen LogP contribution in [0.4, 0.5) is 0 Å². The zero-order valence-electron chi connectivity index (χ0n) is 12.9. The van der Waals surface area contributed by atoms with Crippen molar-refractivity contribution in [3.05, 3.63) is 29.3 Å². The van der Waals surface area contributed by atoms with Crippen molar-refractivity contribution in [3.63, 3.8) is 0 Å². The van der Waals surface area contributed by atoms with E-state index in [0.29, 0.717) is 5.56 Å². The topological polar surface area (TPSA) is 77.5 Å². The van der Waals surface area contributed by atoms with Gasteiger partial charge in [-0.15, -0.1) is 0 Å². The molecule has 1 rings (SSSR count). The molecule has 0 unspecified atom stereocenters. The van der Waals surface area contributed by atoms with Crippen molar-refractivity contribution in [1.82, 2.24) is 0 Å². The van der Waals surface area contributed by atoms with Crippen molar-refractivity contribution in [1.29, 1.82) is 0 Å². The van der Waals surface area contributed by atoms with E-state index in [4.69, 9.17) is 4.74 Å². The fourth-order valence-corrected chi connectivity index (χ4v) is 2.12. The minimum atomic E-state index is -3.40. The number of Topliss-reactive ketones (excluding diaryl/α,β-unsaturated/α-hetero) is 1. The largest absolute Gasteiger partial charge is 0.454 e. The van der Waals surface area contributed by atoms with Gasteiger partial charge in [-0.2, -0.15) is 0 Å². The first-order valence-corrected chi connectivity index (χ1v) is 8.33. The van der Waals surface area contributed by atoms with Gasteiger partial charge in [-0.1, -0.05) is 26.8 Å². The molecule has 0 radical (unpaired) electrons. The van der Waals surface area contributed by atoms with Crippen LogP contribution in [-0.2, 0) is 19.4 Å². The Bertz CT molecular complexity index is 666. The molecular formula is C15H20O5S. The van der Waals surface area contributed by atoms with E-state index >= 15 is 0 Å². The lowest BCUT2D eigenvalue weighted by Gasteiger charge is -2.16. The van der Waals surface area contributed by atoms with Crippen LogP contribution in [0.3, 0.4) is 0 Å². The van der Waals surface area contributed by atoms with E-state index in [1.165, 1.54) is 12.1 Å². The van der Waals surface area contributed by atoms with Gasteiger partial charge in [0.2, 0.25) is 0 Å². The lowest BCUT2D eigenvalue weighted by Crippen LogP contribution is -2.26. The summed E-state index contributed by atoms with van der Waals surface area (Å²) in [4.78, 5) is 23.8. The van der Waals surface area contributed by atoms with Crippen LogP contribution in [0.1, 0.15) is 36.7 Å². The Balaban J connectivity index is 2.96. The van der Waals surface area contributed by atoms with E-state index in [1.807, 2.05) is 0 Å². The summed E-state index contributed by atoms with van der Waals surface area (Å²) in [7, 11) is -3.40. The Hall–Kier alpha value is -1.69. The van der Waals surface area contributed by atoms with Crippen molar-refractivity contribution in [3.8, 4) is 0 Å². The quantitative estimate of drug-likeness (QED) is 0.796. The third-order valence-electron chi connectivity index (χ3n) is 3.03. The number of rotatable bonds is 4. The number of benzene rings is 1. The Kier molecular flexibility index (Phi) is 4.94.